The molecule has 19 heavy (non-hydrogen) atoms. The first-order valence-corrected chi connectivity index (χ1v) is 7.82. The van der Waals surface area contributed by atoms with E-state index < -0.39 is 0 Å². The molecule has 0 bridgehead atoms. The molecule has 0 aromatic heterocycles. The zero-order valence-corrected chi connectivity index (χ0v) is 13.0. The quantitative estimate of drug-likeness (QED) is 0.767. The lowest BCUT2D eigenvalue weighted by atomic mass is 9.97. The first kappa shape index (κ1) is 14.6. The maximum Gasteiger partial charge on any atom is 0.137 e. The lowest BCUT2D eigenvalue weighted by Crippen LogP contribution is -2.06. The van der Waals surface area contributed by atoms with E-state index in [0.29, 0.717) is 18.6 Å². The highest BCUT2D eigenvalue weighted by Crippen LogP contribution is 2.29. The maximum atomic E-state index is 12.1. The minimum absolute atomic E-state index is 0.322. The van der Waals surface area contributed by atoms with Crippen LogP contribution in [0.2, 0.25) is 0 Å². The molecular formula is C16H21BrO2. The lowest BCUT2D eigenvalue weighted by Gasteiger charge is -2.10. The predicted molar refractivity (Wildman–Crippen MR) is 80.6 cm³/mol. The Balaban J connectivity index is 1.88. The van der Waals surface area contributed by atoms with E-state index in [2.05, 4.69) is 15.9 Å². The molecule has 0 amide bonds. The molecule has 1 aromatic rings. The van der Waals surface area contributed by atoms with Crippen LogP contribution in [-0.4, -0.2) is 12.9 Å². The molecule has 1 fully saturated rings. The number of halogens is 1. The fourth-order valence-corrected chi connectivity index (χ4v) is 3.26. The van der Waals surface area contributed by atoms with Crippen LogP contribution in [0.25, 0.3) is 0 Å². The topological polar surface area (TPSA) is 26.3 Å². The van der Waals surface area contributed by atoms with Gasteiger partial charge in [-0.25, -0.2) is 0 Å². The van der Waals surface area contributed by atoms with E-state index in [-0.39, 0.29) is 0 Å². The van der Waals surface area contributed by atoms with Gasteiger partial charge >= 0.3 is 0 Å². The number of hydrogen-bond donors (Lipinski definition) is 0. The fraction of sp³-hybridized carbons (Fsp3) is 0.562. The van der Waals surface area contributed by atoms with Gasteiger partial charge in [-0.3, -0.25) is 4.79 Å². The number of carbonyl (C=O) groups excluding carboxylic acids is 1. The summed E-state index contributed by atoms with van der Waals surface area (Å²) in [5, 5.41) is 0. The number of ether oxygens (including phenoxy) is 1. The van der Waals surface area contributed by atoms with Gasteiger partial charge < -0.3 is 4.74 Å². The van der Waals surface area contributed by atoms with E-state index in [1.54, 1.807) is 7.11 Å². The van der Waals surface area contributed by atoms with Crippen molar-refractivity contribution in [2.45, 2.75) is 44.9 Å². The Morgan fingerprint density at radius 2 is 2.11 bits per heavy atom. The van der Waals surface area contributed by atoms with Gasteiger partial charge in [0, 0.05) is 22.9 Å². The third-order valence-electron chi connectivity index (χ3n) is 3.94. The maximum absolute atomic E-state index is 12.1. The third kappa shape index (κ3) is 4.34. The van der Waals surface area contributed by atoms with Crippen LogP contribution in [0.4, 0.5) is 0 Å². The van der Waals surface area contributed by atoms with E-state index >= 15 is 0 Å². The molecule has 0 spiro atoms. The average molecular weight is 325 g/mol. The summed E-state index contributed by atoms with van der Waals surface area (Å²) >= 11 is 3.44. The Hall–Kier alpha value is -0.830. The minimum atomic E-state index is 0.322. The molecular weight excluding hydrogens is 304 g/mol. The Morgan fingerprint density at radius 3 is 2.79 bits per heavy atom. The summed E-state index contributed by atoms with van der Waals surface area (Å²) in [6, 6.07) is 5.82. The zero-order valence-electron chi connectivity index (χ0n) is 11.5. The van der Waals surface area contributed by atoms with Crippen LogP contribution >= 0.6 is 15.9 Å². The predicted octanol–water partition coefficient (Wildman–Crippen LogP) is 4.54. The van der Waals surface area contributed by atoms with Crippen molar-refractivity contribution >= 4 is 21.7 Å². The first-order chi connectivity index (χ1) is 9.19. The van der Waals surface area contributed by atoms with E-state index in [1.165, 1.54) is 25.7 Å². The van der Waals surface area contributed by atoms with Crippen molar-refractivity contribution in [3.8, 4) is 5.75 Å². The van der Waals surface area contributed by atoms with E-state index in [4.69, 9.17) is 4.74 Å². The van der Waals surface area contributed by atoms with Crippen LogP contribution in [0.5, 0.6) is 5.75 Å². The van der Waals surface area contributed by atoms with Gasteiger partial charge in [0.2, 0.25) is 0 Å². The lowest BCUT2D eigenvalue weighted by molar-refractivity contribution is -0.118. The number of ketones is 1. The Labute approximate surface area is 123 Å². The highest BCUT2D eigenvalue weighted by Gasteiger charge is 2.17. The molecule has 1 aliphatic rings. The van der Waals surface area contributed by atoms with Crippen molar-refractivity contribution < 1.29 is 9.53 Å². The molecule has 0 saturated heterocycles. The van der Waals surface area contributed by atoms with Gasteiger partial charge in [0.05, 0.1) is 7.11 Å². The summed E-state index contributed by atoms with van der Waals surface area (Å²) in [7, 11) is 1.65. The Kier molecular flexibility index (Phi) is 5.44. The van der Waals surface area contributed by atoms with Crippen molar-refractivity contribution in [1.82, 2.24) is 0 Å². The van der Waals surface area contributed by atoms with Crippen LogP contribution in [0.15, 0.2) is 22.7 Å². The normalized spacial score (nSPS) is 15.7. The van der Waals surface area contributed by atoms with Gasteiger partial charge in [0.1, 0.15) is 11.5 Å². The van der Waals surface area contributed by atoms with E-state index in [0.717, 1.165) is 28.1 Å². The number of benzene rings is 1. The summed E-state index contributed by atoms with van der Waals surface area (Å²) in [5.41, 5.74) is 0.980. The number of Topliss-reactive ketones (excluding diaryl/α,β-unsaturated/α-hetero) is 1. The fourth-order valence-electron chi connectivity index (χ4n) is 2.85. The molecule has 104 valence electrons. The first-order valence-electron chi connectivity index (χ1n) is 7.03. The number of hydrogen-bond acceptors (Lipinski definition) is 2. The molecule has 2 rings (SSSR count). The standard InChI is InChI=1S/C16H21BrO2/c1-19-16-9-7-14(17)10-13(16)11-15(18)8-6-12-4-2-3-5-12/h7,9-10,12H,2-6,8,11H2,1H3. The number of carbonyl (C=O) groups is 1. The van der Waals surface area contributed by atoms with Gasteiger partial charge in [-0.15, -0.1) is 0 Å². The molecule has 0 aliphatic heterocycles. The molecule has 0 radical (unpaired) electrons. The molecule has 3 heteroatoms. The minimum Gasteiger partial charge on any atom is -0.496 e. The van der Waals surface area contributed by atoms with Crippen LogP contribution in [0.1, 0.15) is 44.1 Å². The molecule has 0 unspecified atom stereocenters. The highest BCUT2D eigenvalue weighted by molar-refractivity contribution is 9.10. The van der Waals surface area contributed by atoms with Crippen LogP contribution in [0.3, 0.4) is 0 Å². The molecule has 0 heterocycles. The van der Waals surface area contributed by atoms with Gasteiger partial charge in [-0.1, -0.05) is 41.6 Å². The Morgan fingerprint density at radius 1 is 1.37 bits per heavy atom. The molecule has 1 aliphatic carbocycles. The SMILES string of the molecule is COc1ccc(Br)cc1CC(=O)CCC1CCCC1. The van der Waals surface area contributed by atoms with Gasteiger partial charge in [-0.2, -0.15) is 0 Å². The smallest absolute Gasteiger partial charge is 0.137 e. The average Bonchev–Trinajstić information content (AvgIpc) is 2.90. The van der Waals surface area contributed by atoms with Gasteiger partial charge in [-0.05, 0) is 30.5 Å². The summed E-state index contributed by atoms with van der Waals surface area (Å²) in [6.07, 6.45) is 7.57. The second-order valence-electron chi connectivity index (χ2n) is 5.36. The largest absolute Gasteiger partial charge is 0.496 e. The van der Waals surface area contributed by atoms with E-state index in [1.807, 2.05) is 18.2 Å². The van der Waals surface area contributed by atoms with Crippen LogP contribution in [-0.2, 0) is 11.2 Å². The van der Waals surface area contributed by atoms with Crippen LogP contribution < -0.4 is 4.74 Å². The summed E-state index contributed by atoms with van der Waals surface area (Å²) in [6.45, 7) is 0. The van der Waals surface area contributed by atoms with Gasteiger partial charge in [0.25, 0.3) is 0 Å². The third-order valence-corrected chi connectivity index (χ3v) is 4.43. The van der Waals surface area contributed by atoms with E-state index in [9.17, 15) is 4.79 Å². The highest BCUT2D eigenvalue weighted by atomic mass is 79.9. The van der Waals surface area contributed by atoms with Crippen molar-refractivity contribution in [3.63, 3.8) is 0 Å². The second kappa shape index (κ2) is 7.09. The molecule has 1 saturated carbocycles. The number of rotatable bonds is 6. The molecule has 0 atom stereocenters. The van der Waals surface area contributed by atoms with Crippen molar-refractivity contribution in [2.24, 2.45) is 5.92 Å². The molecule has 2 nitrogen and oxygen atoms in total. The van der Waals surface area contributed by atoms with Gasteiger partial charge in [0.15, 0.2) is 0 Å². The molecule has 1 aromatic carbocycles. The monoisotopic (exact) mass is 324 g/mol. The second-order valence-corrected chi connectivity index (χ2v) is 6.28. The van der Waals surface area contributed by atoms with Crippen molar-refractivity contribution in [1.29, 1.82) is 0 Å². The number of methoxy groups -OCH3 is 1. The van der Waals surface area contributed by atoms with Crippen LogP contribution in [0, 0.1) is 5.92 Å². The zero-order chi connectivity index (χ0) is 13.7. The summed E-state index contributed by atoms with van der Waals surface area (Å²) in [5.74, 6) is 1.91. The summed E-state index contributed by atoms with van der Waals surface area (Å²) in [4.78, 5) is 12.1. The van der Waals surface area contributed by atoms with Crippen molar-refractivity contribution in [2.75, 3.05) is 7.11 Å². The summed E-state index contributed by atoms with van der Waals surface area (Å²) < 4.78 is 6.30. The molecule has 0 N–H and O–H groups in total. The Bertz CT molecular complexity index is 436. The van der Waals surface area contributed by atoms with Crippen molar-refractivity contribution in [3.05, 3.63) is 28.2 Å².